The van der Waals surface area contributed by atoms with Gasteiger partial charge in [0.2, 0.25) is 5.91 Å². The minimum Gasteiger partial charge on any atom is -0.339 e. The number of hydrogen-bond acceptors (Lipinski definition) is 7. The Balaban J connectivity index is 1.37. The third kappa shape index (κ3) is 5.35. The molecule has 2 aliphatic heterocycles. The van der Waals surface area contributed by atoms with Crippen molar-refractivity contribution >= 4 is 23.6 Å². The van der Waals surface area contributed by atoms with E-state index in [0.29, 0.717) is 36.5 Å². The van der Waals surface area contributed by atoms with Crippen LogP contribution in [0.3, 0.4) is 0 Å². The molecule has 4 rings (SSSR count). The quantitative estimate of drug-likeness (QED) is 0.665. The maximum Gasteiger partial charge on any atom is 0.246 e. The van der Waals surface area contributed by atoms with Gasteiger partial charge < -0.3 is 4.90 Å². The summed E-state index contributed by atoms with van der Waals surface area (Å²) in [6, 6.07) is 5.89. The third-order valence-electron chi connectivity index (χ3n) is 5.46. The summed E-state index contributed by atoms with van der Waals surface area (Å²) in [5, 5.41) is 23.2. The molecule has 1 saturated heterocycles. The molecule has 0 N–H and O–H groups in total. The summed E-state index contributed by atoms with van der Waals surface area (Å²) < 4.78 is 0. The highest BCUT2D eigenvalue weighted by Gasteiger charge is 2.26. The van der Waals surface area contributed by atoms with Gasteiger partial charge in [-0.2, -0.15) is 4.80 Å². The Morgan fingerprint density at radius 3 is 2.74 bits per heavy atom. The fourth-order valence-electron chi connectivity index (χ4n) is 3.72. The highest BCUT2D eigenvalue weighted by molar-refractivity contribution is 6.30. The van der Waals surface area contributed by atoms with Crippen molar-refractivity contribution in [3.8, 4) is 0 Å². The standard InChI is InChI=1S/C21H25ClN8O/c1-15-7-12-29(26-23-15)20-8-10-28(11-9-20)21(31)6-4-17-3-5-19(22)13-18(17)14-30-25-16(2)24-27-30/h3-7,13,20H,8-12,14H2,1-2H3/b6-4+. The van der Waals surface area contributed by atoms with Crippen molar-refractivity contribution in [2.45, 2.75) is 39.3 Å². The first-order valence-electron chi connectivity index (χ1n) is 10.3. The Kier molecular flexibility index (Phi) is 6.41. The van der Waals surface area contributed by atoms with Crippen LogP contribution in [-0.2, 0) is 11.3 Å². The number of nitrogens with zero attached hydrogens (tertiary/aromatic N) is 8. The number of carbonyl (C=O) groups is 1. The Hall–Kier alpha value is -3.07. The molecule has 162 valence electrons. The lowest BCUT2D eigenvalue weighted by molar-refractivity contribution is -0.127. The molecule has 3 heterocycles. The van der Waals surface area contributed by atoms with E-state index in [9.17, 15) is 4.79 Å². The van der Waals surface area contributed by atoms with Crippen LogP contribution in [0.1, 0.15) is 36.7 Å². The molecule has 2 aliphatic rings. The Labute approximate surface area is 186 Å². The third-order valence-corrected chi connectivity index (χ3v) is 5.70. The molecule has 1 amide bonds. The molecule has 10 heteroatoms. The molecular weight excluding hydrogens is 416 g/mol. The monoisotopic (exact) mass is 440 g/mol. The van der Waals surface area contributed by atoms with E-state index >= 15 is 0 Å². The van der Waals surface area contributed by atoms with Crippen LogP contribution in [0.25, 0.3) is 6.08 Å². The van der Waals surface area contributed by atoms with Gasteiger partial charge in [-0.05, 0) is 67.3 Å². The summed E-state index contributed by atoms with van der Waals surface area (Å²) in [6.07, 6.45) is 7.30. The fourth-order valence-corrected chi connectivity index (χ4v) is 3.92. The number of hydrogen-bond donors (Lipinski definition) is 0. The predicted octanol–water partition coefficient (Wildman–Crippen LogP) is 3.27. The van der Waals surface area contributed by atoms with Crippen molar-refractivity contribution in [1.29, 1.82) is 0 Å². The van der Waals surface area contributed by atoms with Crippen molar-refractivity contribution in [2.24, 2.45) is 10.3 Å². The topological polar surface area (TPSA) is 91.9 Å². The number of allylic oxidation sites excluding steroid dienone is 1. The number of tetrazole rings is 1. The molecule has 0 spiro atoms. The maximum atomic E-state index is 12.7. The lowest BCUT2D eigenvalue weighted by Crippen LogP contribution is -2.45. The number of aromatic nitrogens is 4. The number of rotatable bonds is 5. The van der Waals surface area contributed by atoms with Crippen molar-refractivity contribution in [3.05, 3.63) is 58.0 Å². The number of aryl methyl sites for hydroxylation is 1. The van der Waals surface area contributed by atoms with Crippen molar-refractivity contribution < 1.29 is 4.79 Å². The highest BCUT2D eigenvalue weighted by Crippen LogP contribution is 2.21. The molecule has 9 nitrogen and oxygen atoms in total. The van der Waals surface area contributed by atoms with E-state index in [-0.39, 0.29) is 5.91 Å². The lowest BCUT2D eigenvalue weighted by atomic mass is 10.0. The van der Waals surface area contributed by atoms with E-state index in [1.807, 2.05) is 41.1 Å². The van der Waals surface area contributed by atoms with Gasteiger partial charge in [0.15, 0.2) is 5.82 Å². The molecule has 2 aromatic rings. The van der Waals surface area contributed by atoms with Crippen LogP contribution in [0.15, 0.2) is 46.4 Å². The number of carbonyl (C=O) groups excluding carboxylic acids is 1. The number of piperidine rings is 1. The Bertz CT molecular complexity index is 1040. The molecule has 1 aromatic carbocycles. The molecule has 31 heavy (non-hydrogen) atoms. The predicted molar refractivity (Wildman–Crippen MR) is 117 cm³/mol. The van der Waals surface area contributed by atoms with Crippen molar-refractivity contribution in [1.82, 2.24) is 30.1 Å². The van der Waals surface area contributed by atoms with Gasteiger partial charge in [0.25, 0.3) is 0 Å². The van der Waals surface area contributed by atoms with Gasteiger partial charge in [0.05, 0.1) is 24.8 Å². The van der Waals surface area contributed by atoms with Gasteiger partial charge >= 0.3 is 0 Å². The van der Waals surface area contributed by atoms with Crippen LogP contribution < -0.4 is 0 Å². The van der Waals surface area contributed by atoms with Crippen LogP contribution in [0, 0.1) is 6.92 Å². The van der Waals surface area contributed by atoms with Gasteiger partial charge in [0, 0.05) is 24.2 Å². The van der Waals surface area contributed by atoms with Crippen LogP contribution in [0.4, 0.5) is 0 Å². The summed E-state index contributed by atoms with van der Waals surface area (Å²) in [5.74, 6) is 0.611. The van der Waals surface area contributed by atoms with Gasteiger partial charge in [-0.15, -0.1) is 15.3 Å². The van der Waals surface area contributed by atoms with Gasteiger partial charge in [0.1, 0.15) is 0 Å². The zero-order chi connectivity index (χ0) is 21.8. The van der Waals surface area contributed by atoms with Gasteiger partial charge in [-0.3, -0.25) is 9.80 Å². The number of halogens is 1. The number of amides is 1. The van der Waals surface area contributed by atoms with Gasteiger partial charge in [-0.25, -0.2) is 0 Å². The normalized spacial score (nSPS) is 17.5. The van der Waals surface area contributed by atoms with Gasteiger partial charge in [-0.1, -0.05) is 22.9 Å². The average Bonchev–Trinajstić information content (AvgIpc) is 3.18. The molecular formula is C21H25ClN8O. The summed E-state index contributed by atoms with van der Waals surface area (Å²) in [5.41, 5.74) is 2.77. The minimum atomic E-state index is 0.00471. The van der Waals surface area contributed by atoms with Crippen molar-refractivity contribution in [2.75, 3.05) is 19.6 Å². The highest BCUT2D eigenvalue weighted by atomic mass is 35.5. The smallest absolute Gasteiger partial charge is 0.246 e. The number of likely N-dealkylation sites (tertiary alicyclic amines) is 1. The van der Waals surface area contributed by atoms with Crippen LogP contribution >= 0.6 is 11.6 Å². The van der Waals surface area contributed by atoms with Crippen molar-refractivity contribution in [3.63, 3.8) is 0 Å². The second-order valence-electron chi connectivity index (χ2n) is 7.76. The first-order chi connectivity index (χ1) is 15.0. The Morgan fingerprint density at radius 1 is 1.26 bits per heavy atom. The second-order valence-corrected chi connectivity index (χ2v) is 8.19. The van der Waals surface area contributed by atoms with E-state index in [1.54, 1.807) is 13.0 Å². The molecule has 0 atom stereocenters. The minimum absolute atomic E-state index is 0.00471. The van der Waals surface area contributed by atoms with E-state index in [2.05, 4.69) is 31.8 Å². The first-order valence-corrected chi connectivity index (χ1v) is 10.7. The average molecular weight is 441 g/mol. The fraction of sp³-hybridized carbons (Fsp3) is 0.429. The lowest BCUT2D eigenvalue weighted by Gasteiger charge is -2.36. The summed E-state index contributed by atoms with van der Waals surface area (Å²) >= 11 is 6.17. The molecule has 0 radical (unpaired) electrons. The molecule has 0 aliphatic carbocycles. The molecule has 0 unspecified atom stereocenters. The van der Waals surface area contributed by atoms with E-state index in [1.165, 1.54) is 4.80 Å². The molecule has 1 aromatic heterocycles. The SMILES string of the molecule is CC1=CCN(C2CCN(C(=O)/C=C/c3ccc(Cl)cc3Cn3nnc(C)n3)CC2)N=N1. The number of benzene rings is 1. The van der Waals surface area contributed by atoms with E-state index in [4.69, 9.17) is 11.6 Å². The first kappa shape index (κ1) is 21.2. The zero-order valence-corrected chi connectivity index (χ0v) is 18.4. The second kappa shape index (κ2) is 9.38. The zero-order valence-electron chi connectivity index (χ0n) is 17.6. The molecule has 1 fully saturated rings. The van der Waals surface area contributed by atoms with E-state index in [0.717, 1.165) is 36.2 Å². The summed E-state index contributed by atoms with van der Waals surface area (Å²) in [6.45, 7) is 6.36. The largest absolute Gasteiger partial charge is 0.339 e. The molecule has 0 bridgehead atoms. The maximum absolute atomic E-state index is 12.7. The van der Waals surface area contributed by atoms with E-state index < -0.39 is 0 Å². The summed E-state index contributed by atoms with van der Waals surface area (Å²) in [4.78, 5) is 16.1. The van der Waals surface area contributed by atoms with Crippen LogP contribution in [0.2, 0.25) is 5.02 Å². The van der Waals surface area contributed by atoms with Crippen LogP contribution in [-0.4, -0.2) is 61.7 Å². The molecule has 0 saturated carbocycles. The summed E-state index contributed by atoms with van der Waals surface area (Å²) in [7, 11) is 0. The Morgan fingerprint density at radius 2 is 2.06 bits per heavy atom. The van der Waals surface area contributed by atoms with Crippen LogP contribution in [0.5, 0.6) is 0 Å².